The average molecular weight is 581 g/mol. The van der Waals surface area contributed by atoms with Crippen LogP contribution < -0.4 is 10.3 Å². The minimum absolute atomic E-state index is 0.774. The van der Waals surface area contributed by atoms with Crippen LogP contribution in [0.15, 0.2) is 94.7 Å². The molecule has 4 aromatic carbocycles. The number of hydrogen-bond acceptors (Lipinski definition) is 3. The lowest BCUT2D eigenvalue weighted by Gasteiger charge is -2.08. The van der Waals surface area contributed by atoms with Crippen molar-refractivity contribution in [2.24, 2.45) is 0 Å². The maximum absolute atomic E-state index is 6.97. The molecule has 0 radical (unpaired) electrons. The zero-order valence-electron chi connectivity index (χ0n) is 24.8. The van der Waals surface area contributed by atoms with E-state index in [2.05, 4.69) is 122 Å². The maximum atomic E-state index is 6.97. The Morgan fingerprint density at radius 1 is 0.610 bits per heavy atom. The normalized spacial score (nSPS) is 11.4. The molecule has 41 heavy (non-hydrogen) atoms. The van der Waals surface area contributed by atoms with Crippen LogP contribution in [0.5, 0.6) is 0 Å². The number of fused-ring (bicyclic) bond motifs is 1. The highest BCUT2D eigenvalue weighted by atomic mass is 32.2. The fourth-order valence-electron chi connectivity index (χ4n) is 5.34. The summed E-state index contributed by atoms with van der Waals surface area (Å²) in [7, 11) is 0. The van der Waals surface area contributed by atoms with Crippen molar-refractivity contribution in [3.05, 3.63) is 118 Å². The van der Waals surface area contributed by atoms with Gasteiger partial charge in [-0.2, -0.15) is 0 Å². The smallest absolute Gasteiger partial charge is 0.290 e. The fraction of sp³-hybridized carbons (Fsp3) is 0.306. The topological polar surface area (TPSA) is 34.8 Å². The number of nitrogen functional groups attached to an aromatic ring is 1. The van der Waals surface area contributed by atoms with E-state index in [9.17, 15) is 0 Å². The molecule has 0 atom stereocenters. The van der Waals surface area contributed by atoms with Crippen LogP contribution in [0.2, 0.25) is 0 Å². The first kappa shape index (κ1) is 29.3. The van der Waals surface area contributed by atoms with Gasteiger partial charge in [0.05, 0.1) is 0 Å². The number of hydrogen-bond donors (Lipinski definition) is 1. The Balaban J connectivity index is 1.49. The number of benzene rings is 4. The Hall–Kier alpha value is -3.15. The highest BCUT2D eigenvalue weighted by molar-refractivity contribution is 7.98. The van der Waals surface area contributed by atoms with Gasteiger partial charge in [0.25, 0.3) is 0 Å². The molecule has 0 aliphatic rings. The molecule has 0 saturated carbocycles. The molecule has 0 amide bonds. The van der Waals surface area contributed by atoms with Crippen LogP contribution in [0.3, 0.4) is 0 Å². The van der Waals surface area contributed by atoms with Crippen molar-refractivity contribution in [3.63, 3.8) is 0 Å². The Kier molecular flexibility index (Phi) is 9.79. The van der Waals surface area contributed by atoms with Gasteiger partial charge in [-0.25, -0.2) is 9.13 Å². The monoisotopic (exact) mass is 580 g/mol. The zero-order chi connectivity index (χ0) is 28.8. The highest BCUT2D eigenvalue weighted by Crippen LogP contribution is 2.29. The third-order valence-corrected chi connectivity index (χ3v) is 9.74. The van der Waals surface area contributed by atoms with E-state index in [0.29, 0.717) is 0 Å². The second-order valence-corrected chi connectivity index (χ2v) is 12.7. The first-order valence-electron chi connectivity index (χ1n) is 14.9. The van der Waals surface area contributed by atoms with Crippen LogP contribution in [0, 0.1) is 0 Å². The van der Waals surface area contributed by atoms with E-state index in [4.69, 9.17) is 5.73 Å². The van der Waals surface area contributed by atoms with Gasteiger partial charge in [0, 0.05) is 9.79 Å². The fourth-order valence-corrected chi connectivity index (χ4v) is 7.38. The van der Waals surface area contributed by atoms with E-state index in [1.807, 2.05) is 23.5 Å². The first-order chi connectivity index (χ1) is 20.0. The Morgan fingerprint density at radius 3 is 1.73 bits per heavy atom. The van der Waals surface area contributed by atoms with Crippen LogP contribution in [-0.4, -0.2) is 4.57 Å². The predicted molar refractivity (Wildman–Crippen MR) is 178 cm³/mol. The van der Waals surface area contributed by atoms with Gasteiger partial charge in [-0.15, -0.1) is 0 Å². The van der Waals surface area contributed by atoms with Gasteiger partial charge in [0.2, 0.25) is 0 Å². The standard InChI is InChI=1S/C36H41N3S2/c1-5-26-16-27(6-2)20-32(19-26)40-24-38-34-15-14-31(18-30-12-10-9-11-13-30)23-35(34)39(36(38)37)25-41-33-21-28(7-3)17-29(8-4)22-33/h9-17,19-23,37H,5-8,18,24-25H2,1-4H3/p+1. The largest absolute Gasteiger partial charge is 0.357 e. The molecule has 212 valence electrons. The number of anilines is 1. The Morgan fingerprint density at radius 2 is 1.17 bits per heavy atom. The summed E-state index contributed by atoms with van der Waals surface area (Å²) in [6.07, 6.45) is 5.11. The summed E-state index contributed by atoms with van der Waals surface area (Å²) >= 11 is 3.74. The maximum Gasteiger partial charge on any atom is 0.357 e. The lowest BCUT2D eigenvalue weighted by atomic mass is 10.0. The molecule has 0 aliphatic carbocycles. The lowest BCUT2D eigenvalue weighted by Crippen LogP contribution is -2.35. The second kappa shape index (κ2) is 13.7. The van der Waals surface area contributed by atoms with Crippen molar-refractivity contribution < 1.29 is 4.57 Å². The molecule has 0 saturated heterocycles. The molecule has 0 fully saturated rings. The summed E-state index contributed by atoms with van der Waals surface area (Å²) in [6, 6.07) is 31.6. The molecule has 0 aliphatic heterocycles. The number of aryl methyl sites for hydroxylation is 4. The van der Waals surface area contributed by atoms with E-state index in [-0.39, 0.29) is 0 Å². The van der Waals surface area contributed by atoms with Gasteiger partial charge in [0.1, 0.15) is 22.8 Å². The third kappa shape index (κ3) is 7.02. The highest BCUT2D eigenvalue weighted by Gasteiger charge is 2.22. The molecule has 3 nitrogen and oxygen atoms in total. The van der Waals surface area contributed by atoms with E-state index >= 15 is 0 Å². The summed E-state index contributed by atoms with van der Waals surface area (Å²) in [4.78, 5) is 2.62. The van der Waals surface area contributed by atoms with Gasteiger partial charge >= 0.3 is 5.95 Å². The molecular formula is C36H42N3S2+. The summed E-state index contributed by atoms with van der Waals surface area (Å²) in [5.41, 5.74) is 17.6. The van der Waals surface area contributed by atoms with E-state index in [0.717, 1.165) is 49.8 Å². The minimum Gasteiger partial charge on any atom is -0.290 e. The predicted octanol–water partition coefficient (Wildman–Crippen LogP) is 8.85. The van der Waals surface area contributed by atoms with Gasteiger partial charge in [-0.3, -0.25) is 5.73 Å². The second-order valence-electron chi connectivity index (χ2n) is 10.6. The van der Waals surface area contributed by atoms with Crippen molar-refractivity contribution in [2.45, 2.75) is 81.3 Å². The summed E-state index contributed by atoms with van der Waals surface area (Å²) in [5.74, 6) is 2.36. The van der Waals surface area contributed by atoms with Gasteiger partial charge in [-0.1, -0.05) is 99.7 Å². The van der Waals surface area contributed by atoms with Crippen LogP contribution in [0.4, 0.5) is 5.95 Å². The SMILES string of the molecule is CCc1cc(CC)cc(SCn2c(N)[n+](CSc3cc(CC)cc(CC)c3)c3ccc(Cc4ccccc4)cc32)c1. The molecular weight excluding hydrogens is 539 g/mol. The summed E-state index contributed by atoms with van der Waals surface area (Å²) in [5, 5.41) is 0. The van der Waals surface area contributed by atoms with Crippen LogP contribution in [-0.2, 0) is 43.9 Å². The molecule has 5 heteroatoms. The lowest BCUT2D eigenvalue weighted by molar-refractivity contribution is -0.635. The molecule has 5 rings (SSSR count). The molecule has 0 unspecified atom stereocenters. The quantitative estimate of drug-likeness (QED) is 0.118. The summed E-state index contributed by atoms with van der Waals surface area (Å²) < 4.78 is 4.59. The number of imidazole rings is 1. The molecule has 1 aromatic heterocycles. The number of thioether (sulfide) groups is 2. The van der Waals surface area contributed by atoms with Gasteiger partial charge in [0.15, 0.2) is 0 Å². The van der Waals surface area contributed by atoms with E-state index < -0.39 is 0 Å². The molecule has 1 heterocycles. The van der Waals surface area contributed by atoms with Crippen molar-refractivity contribution in [1.82, 2.24) is 4.57 Å². The van der Waals surface area contributed by atoms with Crippen LogP contribution >= 0.6 is 23.5 Å². The number of nitrogens with two attached hydrogens (primary N) is 1. The van der Waals surface area contributed by atoms with Crippen molar-refractivity contribution in [3.8, 4) is 0 Å². The Bertz CT molecular complexity index is 1580. The first-order valence-corrected chi connectivity index (χ1v) is 16.8. The molecule has 0 spiro atoms. The number of nitrogens with zero attached hydrogens (tertiary/aromatic N) is 2. The van der Waals surface area contributed by atoms with Crippen molar-refractivity contribution in [2.75, 3.05) is 5.73 Å². The van der Waals surface area contributed by atoms with Gasteiger partial charge < -0.3 is 0 Å². The number of aromatic nitrogens is 2. The summed E-state index contributed by atoms with van der Waals surface area (Å²) in [6.45, 7) is 8.92. The zero-order valence-corrected chi connectivity index (χ0v) is 26.5. The number of rotatable bonds is 12. The molecule has 2 N–H and O–H groups in total. The van der Waals surface area contributed by atoms with Crippen molar-refractivity contribution in [1.29, 1.82) is 0 Å². The van der Waals surface area contributed by atoms with Crippen LogP contribution in [0.1, 0.15) is 61.1 Å². The minimum atomic E-state index is 0.774. The van der Waals surface area contributed by atoms with Crippen LogP contribution in [0.25, 0.3) is 11.0 Å². The molecule has 5 aromatic rings. The third-order valence-electron chi connectivity index (χ3n) is 7.83. The van der Waals surface area contributed by atoms with E-state index in [1.54, 1.807) is 0 Å². The van der Waals surface area contributed by atoms with Crippen molar-refractivity contribution >= 4 is 40.5 Å². The molecule has 0 bridgehead atoms. The average Bonchev–Trinajstić information content (AvgIpc) is 3.28. The van der Waals surface area contributed by atoms with E-state index in [1.165, 1.54) is 54.2 Å². The van der Waals surface area contributed by atoms with Gasteiger partial charge in [-0.05, 0) is 102 Å². The Labute approximate surface area is 254 Å².